The van der Waals surface area contributed by atoms with E-state index < -0.39 is 5.97 Å². The number of hydrogen-bond acceptors (Lipinski definition) is 4. The smallest absolute Gasteiger partial charge is 0.304 e. The zero-order chi connectivity index (χ0) is 12.7. The molecule has 0 atom stereocenters. The Bertz CT molecular complexity index is 365. The predicted molar refractivity (Wildman–Crippen MR) is 65.9 cm³/mol. The molecule has 0 radical (unpaired) electrons. The minimum atomic E-state index is -0.851. The first-order chi connectivity index (χ1) is 8.08. The molecule has 6 heteroatoms. The maximum absolute atomic E-state index is 11.5. The van der Waals surface area contributed by atoms with Crippen molar-refractivity contribution in [3.05, 3.63) is 22.4 Å². The first-order valence-corrected chi connectivity index (χ1v) is 6.15. The van der Waals surface area contributed by atoms with Gasteiger partial charge in [-0.15, -0.1) is 11.3 Å². The van der Waals surface area contributed by atoms with Gasteiger partial charge < -0.3 is 10.4 Å². The monoisotopic (exact) mass is 256 g/mol. The normalized spacial score (nSPS) is 10.5. The third-order valence-corrected chi connectivity index (χ3v) is 3.04. The SMILES string of the molecule is CN(CCC(=O)O)CC(=O)NCc1cccs1. The second kappa shape index (κ2) is 7.03. The Morgan fingerprint density at radius 3 is 2.88 bits per heavy atom. The van der Waals surface area contributed by atoms with Crippen molar-refractivity contribution in [1.29, 1.82) is 0 Å². The standard InChI is InChI=1S/C11H16N2O3S/c1-13(5-4-11(15)16)8-10(14)12-7-9-3-2-6-17-9/h2-3,6H,4-5,7-8H2,1H3,(H,12,14)(H,15,16). The fourth-order valence-corrected chi connectivity index (χ4v) is 1.91. The minimum absolute atomic E-state index is 0.0503. The van der Waals surface area contributed by atoms with Crippen LogP contribution in [0.25, 0.3) is 0 Å². The molecule has 17 heavy (non-hydrogen) atoms. The molecule has 0 unspecified atom stereocenters. The van der Waals surface area contributed by atoms with Gasteiger partial charge in [-0.25, -0.2) is 0 Å². The first-order valence-electron chi connectivity index (χ1n) is 5.27. The van der Waals surface area contributed by atoms with Crippen molar-refractivity contribution in [2.45, 2.75) is 13.0 Å². The van der Waals surface area contributed by atoms with Crippen LogP contribution in [0, 0.1) is 0 Å². The number of carbonyl (C=O) groups is 2. The van der Waals surface area contributed by atoms with Gasteiger partial charge in [0.15, 0.2) is 0 Å². The molecule has 1 amide bonds. The highest BCUT2D eigenvalue weighted by atomic mass is 32.1. The number of amides is 1. The molecule has 1 rings (SSSR count). The van der Waals surface area contributed by atoms with Crippen LogP contribution in [-0.2, 0) is 16.1 Å². The molecule has 0 aliphatic heterocycles. The quantitative estimate of drug-likeness (QED) is 0.756. The summed E-state index contributed by atoms with van der Waals surface area (Å²) < 4.78 is 0. The molecule has 1 aromatic rings. The Morgan fingerprint density at radius 1 is 1.53 bits per heavy atom. The lowest BCUT2D eigenvalue weighted by molar-refractivity contribution is -0.137. The largest absolute Gasteiger partial charge is 0.481 e. The van der Waals surface area contributed by atoms with E-state index >= 15 is 0 Å². The van der Waals surface area contributed by atoms with Crippen molar-refractivity contribution in [2.75, 3.05) is 20.1 Å². The van der Waals surface area contributed by atoms with Gasteiger partial charge in [0.2, 0.25) is 5.91 Å². The lowest BCUT2D eigenvalue weighted by atomic mass is 10.4. The van der Waals surface area contributed by atoms with Crippen LogP contribution in [-0.4, -0.2) is 42.0 Å². The molecule has 0 aromatic carbocycles. The average molecular weight is 256 g/mol. The number of likely N-dealkylation sites (N-methyl/N-ethyl adjacent to an activating group) is 1. The van der Waals surface area contributed by atoms with Crippen molar-refractivity contribution in [1.82, 2.24) is 10.2 Å². The highest BCUT2D eigenvalue weighted by Gasteiger charge is 2.07. The summed E-state index contributed by atoms with van der Waals surface area (Å²) in [6.45, 7) is 1.13. The Morgan fingerprint density at radius 2 is 2.29 bits per heavy atom. The molecule has 94 valence electrons. The molecular weight excluding hydrogens is 240 g/mol. The minimum Gasteiger partial charge on any atom is -0.481 e. The first kappa shape index (κ1) is 13.7. The van der Waals surface area contributed by atoms with Crippen LogP contribution < -0.4 is 5.32 Å². The number of nitrogens with one attached hydrogen (secondary N) is 1. The van der Waals surface area contributed by atoms with E-state index in [0.717, 1.165) is 4.88 Å². The van der Waals surface area contributed by atoms with Crippen LogP contribution in [0.15, 0.2) is 17.5 Å². The Kier molecular flexibility index (Phi) is 5.65. The van der Waals surface area contributed by atoms with E-state index in [1.165, 1.54) is 0 Å². The predicted octanol–water partition coefficient (Wildman–Crippen LogP) is 0.771. The molecular formula is C11H16N2O3S. The summed E-state index contributed by atoms with van der Waals surface area (Å²) in [5.74, 6) is -0.942. The van der Waals surface area contributed by atoms with Gasteiger partial charge in [0, 0.05) is 11.4 Å². The molecule has 0 saturated carbocycles. The van der Waals surface area contributed by atoms with Crippen molar-refractivity contribution < 1.29 is 14.7 Å². The van der Waals surface area contributed by atoms with Crippen LogP contribution in [0.2, 0.25) is 0 Å². The van der Waals surface area contributed by atoms with E-state index in [2.05, 4.69) is 5.32 Å². The molecule has 5 nitrogen and oxygen atoms in total. The van der Waals surface area contributed by atoms with Gasteiger partial charge >= 0.3 is 5.97 Å². The van der Waals surface area contributed by atoms with Crippen molar-refractivity contribution in [2.24, 2.45) is 0 Å². The van der Waals surface area contributed by atoms with Crippen LogP contribution in [0.5, 0.6) is 0 Å². The van der Waals surface area contributed by atoms with Crippen LogP contribution in [0.1, 0.15) is 11.3 Å². The summed E-state index contributed by atoms with van der Waals surface area (Å²) in [4.78, 5) is 24.6. The third-order valence-electron chi connectivity index (χ3n) is 2.16. The Hall–Kier alpha value is -1.40. The summed E-state index contributed by atoms with van der Waals surface area (Å²) in [6, 6.07) is 3.89. The maximum Gasteiger partial charge on any atom is 0.304 e. The molecule has 0 aliphatic rings. The molecule has 1 heterocycles. The summed E-state index contributed by atoms with van der Waals surface area (Å²) in [7, 11) is 1.73. The van der Waals surface area contributed by atoms with E-state index in [1.807, 2.05) is 17.5 Å². The molecule has 0 saturated heterocycles. The van der Waals surface area contributed by atoms with Gasteiger partial charge in [-0.3, -0.25) is 14.5 Å². The Balaban J connectivity index is 2.18. The topological polar surface area (TPSA) is 69.6 Å². The summed E-state index contributed by atoms with van der Waals surface area (Å²) >= 11 is 1.59. The van der Waals surface area contributed by atoms with E-state index in [4.69, 9.17) is 5.11 Å². The number of thiophene rings is 1. The summed E-state index contributed by atoms with van der Waals surface area (Å²) in [5, 5.41) is 13.2. The number of hydrogen-bond donors (Lipinski definition) is 2. The van der Waals surface area contributed by atoms with Crippen molar-refractivity contribution in [3.63, 3.8) is 0 Å². The van der Waals surface area contributed by atoms with Gasteiger partial charge in [0.05, 0.1) is 19.5 Å². The number of rotatable bonds is 7. The lowest BCUT2D eigenvalue weighted by Gasteiger charge is -2.14. The van der Waals surface area contributed by atoms with Gasteiger partial charge in [-0.2, -0.15) is 0 Å². The fraction of sp³-hybridized carbons (Fsp3) is 0.455. The fourth-order valence-electron chi connectivity index (χ4n) is 1.27. The number of carbonyl (C=O) groups excluding carboxylic acids is 1. The molecule has 0 aliphatic carbocycles. The second-order valence-electron chi connectivity index (χ2n) is 3.74. The highest BCUT2D eigenvalue weighted by molar-refractivity contribution is 7.09. The van der Waals surface area contributed by atoms with E-state index in [-0.39, 0.29) is 18.9 Å². The van der Waals surface area contributed by atoms with E-state index in [9.17, 15) is 9.59 Å². The third kappa shape index (κ3) is 6.03. The molecule has 1 aromatic heterocycles. The number of nitrogens with zero attached hydrogens (tertiary/aromatic N) is 1. The van der Waals surface area contributed by atoms with Gasteiger partial charge in [-0.1, -0.05) is 6.07 Å². The van der Waals surface area contributed by atoms with Gasteiger partial charge in [0.1, 0.15) is 0 Å². The van der Waals surface area contributed by atoms with Crippen molar-refractivity contribution >= 4 is 23.2 Å². The van der Waals surface area contributed by atoms with Crippen molar-refractivity contribution in [3.8, 4) is 0 Å². The molecule has 2 N–H and O–H groups in total. The zero-order valence-corrected chi connectivity index (χ0v) is 10.5. The zero-order valence-electron chi connectivity index (χ0n) is 9.68. The number of carboxylic acid groups (broad SMARTS) is 1. The molecule has 0 spiro atoms. The molecule has 0 bridgehead atoms. The second-order valence-corrected chi connectivity index (χ2v) is 4.77. The maximum atomic E-state index is 11.5. The van der Waals surface area contributed by atoms with Gasteiger partial charge in [-0.05, 0) is 18.5 Å². The van der Waals surface area contributed by atoms with Crippen LogP contribution in [0.4, 0.5) is 0 Å². The number of carboxylic acids is 1. The Labute approximate surface area is 104 Å². The average Bonchev–Trinajstić information content (AvgIpc) is 2.76. The molecule has 0 fully saturated rings. The summed E-state index contributed by atoms with van der Waals surface area (Å²) in [5.41, 5.74) is 0. The van der Waals surface area contributed by atoms with Crippen LogP contribution in [0.3, 0.4) is 0 Å². The van der Waals surface area contributed by atoms with E-state index in [1.54, 1.807) is 23.3 Å². The number of aliphatic carboxylic acids is 1. The lowest BCUT2D eigenvalue weighted by Crippen LogP contribution is -2.35. The highest BCUT2D eigenvalue weighted by Crippen LogP contribution is 2.07. The summed E-state index contributed by atoms with van der Waals surface area (Å²) in [6.07, 6.45) is 0.0503. The van der Waals surface area contributed by atoms with Crippen LogP contribution >= 0.6 is 11.3 Å². The van der Waals surface area contributed by atoms with E-state index in [0.29, 0.717) is 13.1 Å². The van der Waals surface area contributed by atoms with Gasteiger partial charge in [0.25, 0.3) is 0 Å².